The van der Waals surface area contributed by atoms with Crippen molar-refractivity contribution < 1.29 is 9.59 Å². The van der Waals surface area contributed by atoms with Crippen LogP contribution in [0.4, 0.5) is 11.4 Å². The molecule has 0 fully saturated rings. The largest absolute Gasteiger partial charge is 0.321 e. The van der Waals surface area contributed by atoms with Gasteiger partial charge in [0.05, 0.1) is 5.69 Å². The van der Waals surface area contributed by atoms with Crippen molar-refractivity contribution in [2.75, 3.05) is 24.4 Å². The summed E-state index contributed by atoms with van der Waals surface area (Å²) in [6.07, 6.45) is 0.598. The molecule has 1 heterocycles. The molecule has 3 rings (SSSR count). The first-order valence-corrected chi connectivity index (χ1v) is 9.37. The molecule has 0 aromatic heterocycles. The fraction of sp³-hybridized carbons (Fsp3) is 0.318. The first-order chi connectivity index (χ1) is 13.3. The van der Waals surface area contributed by atoms with E-state index in [1.165, 1.54) is 5.01 Å². The number of benzene rings is 2. The van der Waals surface area contributed by atoms with Crippen molar-refractivity contribution in [1.29, 1.82) is 0 Å². The number of hydrazone groups is 1. The summed E-state index contributed by atoms with van der Waals surface area (Å²) in [6, 6.07) is 13.6. The molecule has 2 aromatic rings. The molecule has 146 valence electrons. The van der Waals surface area contributed by atoms with Crippen LogP contribution < -0.4 is 10.3 Å². The summed E-state index contributed by atoms with van der Waals surface area (Å²) >= 11 is 0. The van der Waals surface area contributed by atoms with Gasteiger partial charge in [0.25, 0.3) is 5.91 Å². The molecular weight excluding hydrogens is 352 g/mol. The van der Waals surface area contributed by atoms with Gasteiger partial charge in [-0.1, -0.05) is 30.3 Å². The lowest BCUT2D eigenvalue weighted by molar-refractivity contribution is -0.118. The number of carbonyl (C=O) groups excluding carboxylic acids is 2. The average molecular weight is 378 g/mol. The molecule has 1 aliphatic heterocycles. The maximum absolute atomic E-state index is 12.8. The third kappa shape index (κ3) is 4.46. The maximum atomic E-state index is 12.8. The Balaban J connectivity index is 1.86. The molecular formula is C22H26N4O2. The Morgan fingerprint density at radius 3 is 2.64 bits per heavy atom. The van der Waals surface area contributed by atoms with Crippen LogP contribution in [-0.4, -0.2) is 36.5 Å². The van der Waals surface area contributed by atoms with Crippen molar-refractivity contribution >= 4 is 28.9 Å². The lowest BCUT2D eigenvalue weighted by Gasteiger charge is -2.25. The second-order valence-electron chi connectivity index (χ2n) is 7.39. The number of amides is 2. The molecule has 1 N–H and O–H groups in total. The van der Waals surface area contributed by atoms with Gasteiger partial charge in [0.1, 0.15) is 5.71 Å². The van der Waals surface area contributed by atoms with Gasteiger partial charge >= 0.3 is 0 Å². The van der Waals surface area contributed by atoms with Crippen LogP contribution in [0.5, 0.6) is 0 Å². The molecule has 6 heteroatoms. The van der Waals surface area contributed by atoms with E-state index in [0.717, 1.165) is 34.6 Å². The topological polar surface area (TPSA) is 65.0 Å². The predicted octanol–water partition coefficient (Wildman–Crippen LogP) is 3.49. The average Bonchev–Trinajstić information content (AvgIpc) is 2.65. The highest BCUT2D eigenvalue weighted by Gasteiger charge is 2.27. The molecule has 0 saturated carbocycles. The van der Waals surface area contributed by atoms with Crippen LogP contribution in [0, 0.1) is 13.8 Å². The van der Waals surface area contributed by atoms with Gasteiger partial charge in [-0.25, -0.2) is 5.01 Å². The van der Waals surface area contributed by atoms with Gasteiger partial charge in [0.2, 0.25) is 5.91 Å². The molecule has 2 amide bonds. The lowest BCUT2D eigenvalue weighted by Crippen LogP contribution is -2.36. The van der Waals surface area contributed by atoms with Crippen LogP contribution in [0.15, 0.2) is 47.6 Å². The zero-order valence-electron chi connectivity index (χ0n) is 16.8. The van der Waals surface area contributed by atoms with E-state index in [0.29, 0.717) is 12.1 Å². The van der Waals surface area contributed by atoms with Crippen LogP contribution >= 0.6 is 0 Å². The summed E-state index contributed by atoms with van der Waals surface area (Å²) in [5.41, 5.74) is 4.86. The van der Waals surface area contributed by atoms with Gasteiger partial charge in [-0.3, -0.25) is 9.59 Å². The number of aryl methyl sites for hydroxylation is 2. The van der Waals surface area contributed by atoms with E-state index in [1.807, 2.05) is 75.3 Å². The van der Waals surface area contributed by atoms with Crippen molar-refractivity contribution in [3.05, 3.63) is 59.2 Å². The number of nitrogens with zero attached hydrogens (tertiary/aromatic N) is 3. The van der Waals surface area contributed by atoms with Crippen molar-refractivity contribution in [3.8, 4) is 0 Å². The highest BCUT2D eigenvalue weighted by molar-refractivity contribution is 6.44. The Labute approximate surface area is 165 Å². The molecule has 2 aromatic carbocycles. The minimum Gasteiger partial charge on any atom is -0.321 e. The molecule has 0 aliphatic carbocycles. The van der Waals surface area contributed by atoms with E-state index >= 15 is 0 Å². The monoisotopic (exact) mass is 378 g/mol. The summed E-state index contributed by atoms with van der Waals surface area (Å²) in [5, 5.41) is 8.73. The first-order valence-electron chi connectivity index (χ1n) is 9.37. The second kappa shape index (κ2) is 8.35. The maximum Gasteiger partial charge on any atom is 0.271 e. The highest BCUT2D eigenvalue weighted by Crippen LogP contribution is 2.26. The summed E-state index contributed by atoms with van der Waals surface area (Å²) in [6.45, 7) is 4.62. The lowest BCUT2D eigenvalue weighted by atomic mass is 10.1. The van der Waals surface area contributed by atoms with E-state index < -0.39 is 0 Å². The minimum absolute atomic E-state index is 0.0988. The summed E-state index contributed by atoms with van der Waals surface area (Å²) in [7, 11) is 3.97. The van der Waals surface area contributed by atoms with Crippen LogP contribution in [0.25, 0.3) is 0 Å². The standard InChI is InChI=1S/C22H26N4O2/c1-15-9-10-16(2)20(13-15)26-21(27)12-11-19(24-26)22(28)23-18-8-6-5-7-17(18)14-25(3)4/h5-10,13H,11-12,14H2,1-4H3,(H,23,28). The van der Waals surface area contributed by atoms with Crippen molar-refractivity contribution in [2.24, 2.45) is 5.10 Å². The molecule has 0 saturated heterocycles. The van der Waals surface area contributed by atoms with Crippen LogP contribution in [0.1, 0.15) is 29.5 Å². The molecule has 28 heavy (non-hydrogen) atoms. The molecule has 0 spiro atoms. The number of anilines is 2. The smallest absolute Gasteiger partial charge is 0.271 e. The quantitative estimate of drug-likeness (QED) is 0.866. The number of hydrogen-bond acceptors (Lipinski definition) is 4. The van der Waals surface area contributed by atoms with E-state index in [-0.39, 0.29) is 18.2 Å². The minimum atomic E-state index is -0.269. The van der Waals surface area contributed by atoms with Crippen LogP contribution in [0.2, 0.25) is 0 Å². The van der Waals surface area contributed by atoms with Gasteiger partial charge in [-0.2, -0.15) is 5.10 Å². The Morgan fingerprint density at radius 2 is 1.89 bits per heavy atom. The van der Waals surface area contributed by atoms with Gasteiger partial charge in [-0.05, 0) is 56.8 Å². The number of rotatable bonds is 5. The third-order valence-corrected chi connectivity index (χ3v) is 4.64. The second-order valence-corrected chi connectivity index (χ2v) is 7.39. The number of para-hydroxylation sites is 1. The van der Waals surface area contributed by atoms with E-state index in [1.54, 1.807) is 0 Å². The Morgan fingerprint density at radius 1 is 1.14 bits per heavy atom. The third-order valence-electron chi connectivity index (χ3n) is 4.64. The summed E-state index contributed by atoms with van der Waals surface area (Å²) < 4.78 is 0. The molecule has 0 bridgehead atoms. The number of carbonyl (C=O) groups is 2. The Bertz CT molecular complexity index is 934. The normalized spacial score (nSPS) is 14.2. The molecule has 0 radical (unpaired) electrons. The van der Waals surface area contributed by atoms with Crippen LogP contribution in [-0.2, 0) is 16.1 Å². The molecule has 1 aliphatic rings. The number of hydrogen-bond donors (Lipinski definition) is 1. The molecule has 0 unspecified atom stereocenters. The van der Waals surface area contributed by atoms with Gasteiger partial charge in [0, 0.05) is 25.1 Å². The van der Waals surface area contributed by atoms with Crippen molar-refractivity contribution in [3.63, 3.8) is 0 Å². The fourth-order valence-electron chi connectivity index (χ4n) is 3.17. The molecule has 0 atom stereocenters. The Hall–Kier alpha value is -2.99. The predicted molar refractivity (Wildman–Crippen MR) is 113 cm³/mol. The molecule has 6 nitrogen and oxygen atoms in total. The van der Waals surface area contributed by atoms with Crippen molar-refractivity contribution in [1.82, 2.24) is 4.90 Å². The van der Waals surface area contributed by atoms with Gasteiger partial charge in [-0.15, -0.1) is 0 Å². The van der Waals surface area contributed by atoms with Gasteiger partial charge in [0.15, 0.2) is 0 Å². The zero-order valence-corrected chi connectivity index (χ0v) is 16.8. The summed E-state index contributed by atoms with van der Waals surface area (Å²) in [4.78, 5) is 27.3. The van der Waals surface area contributed by atoms with Crippen molar-refractivity contribution in [2.45, 2.75) is 33.2 Å². The Kier molecular flexibility index (Phi) is 5.90. The van der Waals surface area contributed by atoms with Crippen LogP contribution in [0.3, 0.4) is 0 Å². The fourth-order valence-corrected chi connectivity index (χ4v) is 3.17. The highest BCUT2D eigenvalue weighted by atomic mass is 16.2. The SMILES string of the molecule is Cc1ccc(C)c(N2N=C(C(=O)Nc3ccccc3CN(C)C)CCC2=O)c1. The summed E-state index contributed by atoms with van der Waals surface area (Å²) in [5.74, 6) is -0.368. The number of nitrogens with one attached hydrogen (secondary N) is 1. The zero-order chi connectivity index (χ0) is 20.3. The van der Waals surface area contributed by atoms with E-state index in [9.17, 15) is 9.59 Å². The first kappa shape index (κ1) is 19.8. The van der Waals surface area contributed by atoms with E-state index in [4.69, 9.17) is 0 Å². The van der Waals surface area contributed by atoms with E-state index in [2.05, 4.69) is 10.4 Å². The van der Waals surface area contributed by atoms with Gasteiger partial charge < -0.3 is 10.2 Å².